The fourth-order valence-electron chi connectivity index (χ4n) is 0.663. The average Bonchev–Trinajstić information content (AvgIpc) is 1.98. The minimum Gasteiger partial charge on any atom is -0.451 e. The molecule has 0 aromatic heterocycles. The highest BCUT2D eigenvalue weighted by Crippen LogP contribution is 2.31. The number of carbonyl (C=O) groups excluding carboxylic acids is 2. The van der Waals surface area contributed by atoms with E-state index in [1.807, 2.05) is 0 Å². The molecule has 0 saturated carbocycles. The highest BCUT2D eigenvalue weighted by molar-refractivity contribution is 8.77. The number of carbonyl (C=O) groups is 2. The van der Waals surface area contributed by atoms with Gasteiger partial charge in [-0.25, -0.2) is 0 Å². The zero-order valence-electron chi connectivity index (χ0n) is 8.60. The second-order valence-corrected chi connectivity index (χ2v) is 5.41. The molecule has 14 heavy (non-hydrogen) atoms. The van der Waals surface area contributed by atoms with E-state index >= 15 is 0 Å². The van der Waals surface area contributed by atoms with Gasteiger partial charge >= 0.3 is 11.9 Å². The van der Waals surface area contributed by atoms with E-state index in [9.17, 15) is 9.59 Å². The van der Waals surface area contributed by atoms with Crippen LogP contribution in [0.25, 0.3) is 0 Å². The molecule has 2 unspecified atom stereocenters. The molecule has 82 valence electrons. The first kappa shape index (κ1) is 13.6. The van der Waals surface area contributed by atoms with Crippen molar-refractivity contribution in [1.29, 1.82) is 0 Å². The van der Waals surface area contributed by atoms with Crippen LogP contribution in [0.4, 0.5) is 0 Å². The summed E-state index contributed by atoms with van der Waals surface area (Å²) in [6, 6.07) is 0. The van der Waals surface area contributed by atoms with Crippen molar-refractivity contribution >= 4 is 33.5 Å². The molecule has 0 aliphatic rings. The van der Waals surface area contributed by atoms with Gasteiger partial charge in [0.15, 0.2) is 10.9 Å². The van der Waals surface area contributed by atoms with Crippen molar-refractivity contribution in [1.82, 2.24) is 0 Å². The number of ether oxygens (including phenoxy) is 2. The van der Waals surface area contributed by atoms with E-state index in [1.165, 1.54) is 35.4 Å². The number of hydrogen-bond donors (Lipinski definition) is 0. The standard InChI is InChI=1S/C8H14O4S2/c1-5(9)11-7(3)13-14-8(4)12-6(2)10/h7-8H,1-4H3. The van der Waals surface area contributed by atoms with Gasteiger partial charge < -0.3 is 9.47 Å². The summed E-state index contributed by atoms with van der Waals surface area (Å²) in [4.78, 5) is 21.1. The molecule has 0 N–H and O–H groups in total. The SMILES string of the molecule is CC(=O)OC(C)SSC(C)OC(C)=O. The number of esters is 2. The Balaban J connectivity index is 3.60. The van der Waals surface area contributed by atoms with Crippen molar-refractivity contribution in [2.75, 3.05) is 0 Å². The Morgan fingerprint density at radius 1 is 0.929 bits per heavy atom. The normalized spacial score (nSPS) is 14.3. The van der Waals surface area contributed by atoms with Crippen LogP contribution < -0.4 is 0 Å². The molecule has 0 amide bonds. The van der Waals surface area contributed by atoms with Crippen molar-refractivity contribution in [3.05, 3.63) is 0 Å². The molecule has 0 aromatic rings. The summed E-state index contributed by atoms with van der Waals surface area (Å²) < 4.78 is 9.74. The maximum Gasteiger partial charge on any atom is 0.303 e. The minimum atomic E-state index is -0.314. The third-order valence-corrected chi connectivity index (χ3v) is 3.80. The Morgan fingerprint density at radius 3 is 1.43 bits per heavy atom. The lowest BCUT2D eigenvalue weighted by Crippen LogP contribution is -2.10. The van der Waals surface area contributed by atoms with Gasteiger partial charge in [-0.05, 0) is 35.4 Å². The van der Waals surface area contributed by atoms with E-state index in [4.69, 9.17) is 9.47 Å². The summed E-state index contributed by atoms with van der Waals surface area (Å²) in [6.07, 6.45) is 0. The topological polar surface area (TPSA) is 52.6 Å². The first-order chi connectivity index (χ1) is 6.41. The van der Waals surface area contributed by atoms with Crippen LogP contribution in [0.5, 0.6) is 0 Å². The fourth-order valence-corrected chi connectivity index (χ4v) is 2.50. The van der Waals surface area contributed by atoms with Gasteiger partial charge in [0.1, 0.15) is 0 Å². The molecule has 2 atom stereocenters. The second-order valence-electron chi connectivity index (χ2n) is 2.55. The van der Waals surface area contributed by atoms with Crippen LogP contribution >= 0.6 is 21.6 Å². The average molecular weight is 238 g/mol. The van der Waals surface area contributed by atoms with Gasteiger partial charge in [0, 0.05) is 13.8 Å². The highest BCUT2D eigenvalue weighted by atomic mass is 33.1. The van der Waals surface area contributed by atoms with Crippen molar-refractivity contribution in [3.63, 3.8) is 0 Å². The summed E-state index contributed by atoms with van der Waals surface area (Å²) in [7, 11) is 2.70. The smallest absolute Gasteiger partial charge is 0.303 e. The van der Waals surface area contributed by atoms with Crippen molar-refractivity contribution < 1.29 is 19.1 Å². The monoisotopic (exact) mass is 238 g/mol. The van der Waals surface area contributed by atoms with Crippen LogP contribution in [-0.4, -0.2) is 22.8 Å². The summed E-state index contributed by atoms with van der Waals surface area (Å²) in [5, 5.41) is 0. The Morgan fingerprint density at radius 2 is 1.21 bits per heavy atom. The predicted molar refractivity (Wildman–Crippen MR) is 57.6 cm³/mol. The van der Waals surface area contributed by atoms with Gasteiger partial charge in [-0.2, -0.15) is 0 Å². The maximum atomic E-state index is 10.5. The van der Waals surface area contributed by atoms with E-state index in [1.54, 1.807) is 13.8 Å². The van der Waals surface area contributed by atoms with Crippen molar-refractivity contribution in [2.24, 2.45) is 0 Å². The molecular formula is C8H14O4S2. The molecule has 0 rings (SSSR count). The largest absolute Gasteiger partial charge is 0.451 e. The third kappa shape index (κ3) is 8.25. The van der Waals surface area contributed by atoms with Gasteiger partial charge in [-0.1, -0.05) is 0 Å². The Bertz CT molecular complexity index is 186. The van der Waals surface area contributed by atoms with Gasteiger partial charge in [0.05, 0.1) is 0 Å². The summed E-state index contributed by atoms with van der Waals surface area (Å²) in [5.41, 5.74) is -0.481. The Hall–Kier alpha value is -0.360. The summed E-state index contributed by atoms with van der Waals surface area (Å²) >= 11 is 0. The lowest BCUT2D eigenvalue weighted by molar-refractivity contribution is -0.142. The Labute approximate surface area is 91.5 Å². The summed E-state index contributed by atoms with van der Waals surface area (Å²) in [6.45, 7) is 6.24. The molecule has 4 nitrogen and oxygen atoms in total. The zero-order valence-corrected chi connectivity index (χ0v) is 10.2. The molecule has 0 aliphatic heterocycles. The predicted octanol–water partition coefficient (Wildman–Crippen LogP) is 2.19. The molecule has 0 heterocycles. The summed E-state index contributed by atoms with van der Waals surface area (Å²) in [5.74, 6) is -0.628. The van der Waals surface area contributed by atoms with Crippen LogP contribution in [0.1, 0.15) is 27.7 Å². The van der Waals surface area contributed by atoms with Crippen molar-refractivity contribution in [3.8, 4) is 0 Å². The van der Waals surface area contributed by atoms with Crippen molar-refractivity contribution in [2.45, 2.75) is 38.6 Å². The third-order valence-electron chi connectivity index (χ3n) is 0.990. The number of hydrogen-bond acceptors (Lipinski definition) is 6. The molecule has 0 bridgehead atoms. The molecule has 0 aliphatic carbocycles. The van der Waals surface area contributed by atoms with E-state index in [0.717, 1.165) is 0 Å². The van der Waals surface area contributed by atoms with E-state index in [0.29, 0.717) is 0 Å². The first-order valence-electron chi connectivity index (χ1n) is 4.08. The van der Waals surface area contributed by atoms with Gasteiger partial charge in [0.25, 0.3) is 0 Å². The first-order valence-corrected chi connectivity index (χ1v) is 6.36. The fraction of sp³-hybridized carbons (Fsp3) is 0.750. The van der Waals surface area contributed by atoms with Gasteiger partial charge in [-0.3, -0.25) is 9.59 Å². The lowest BCUT2D eigenvalue weighted by atomic mass is 10.8. The molecule has 0 fully saturated rings. The van der Waals surface area contributed by atoms with Gasteiger partial charge in [0.2, 0.25) is 0 Å². The second kappa shape index (κ2) is 7.00. The minimum absolute atomic E-state index is 0.240. The van der Waals surface area contributed by atoms with E-state index in [-0.39, 0.29) is 22.8 Å². The molecule has 0 saturated heterocycles. The number of rotatable bonds is 5. The van der Waals surface area contributed by atoms with Crippen LogP contribution in [0.3, 0.4) is 0 Å². The van der Waals surface area contributed by atoms with E-state index in [2.05, 4.69) is 0 Å². The Kier molecular flexibility index (Phi) is 6.82. The van der Waals surface area contributed by atoms with Crippen LogP contribution in [0, 0.1) is 0 Å². The molecule has 0 radical (unpaired) electrons. The zero-order chi connectivity index (χ0) is 11.1. The van der Waals surface area contributed by atoms with Gasteiger partial charge in [-0.15, -0.1) is 0 Å². The van der Waals surface area contributed by atoms with Crippen LogP contribution in [0.2, 0.25) is 0 Å². The molecule has 6 heteroatoms. The van der Waals surface area contributed by atoms with Crippen LogP contribution in [0.15, 0.2) is 0 Å². The quantitative estimate of drug-likeness (QED) is 0.416. The van der Waals surface area contributed by atoms with Crippen LogP contribution in [-0.2, 0) is 19.1 Å². The molecule has 0 aromatic carbocycles. The molecule has 0 spiro atoms. The van der Waals surface area contributed by atoms with E-state index < -0.39 is 0 Å². The highest BCUT2D eigenvalue weighted by Gasteiger charge is 2.11. The maximum absolute atomic E-state index is 10.5. The molecular weight excluding hydrogens is 224 g/mol. The lowest BCUT2D eigenvalue weighted by Gasteiger charge is -2.14.